The van der Waals surface area contributed by atoms with E-state index < -0.39 is 0 Å². The first-order chi connectivity index (χ1) is 4.83. The lowest BCUT2D eigenvalue weighted by Crippen LogP contribution is -1.77. The van der Waals surface area contributed by atoms with Gasteiger partial charge in [0.2, 0.25) is 0 Å². The molecule has 0 unspecified atom stereocenters. The van der Waals surface area contributed by atoms with Crippen molar-refractivity contribution < 1.29 is 0 Å². The quantitative estimate of drug-likeness (QED) is 0.532. The Balaban J connectivity index is 3.00. The van der Waals surface area contributed by atoms with Gasteiger partial charge in [0.15, 0.2) is 0 Å². The van der Waals surface area contributed by atoms with E-state index in [-0.39, 0.29) is 0 Å². The van der Waals surface area contributed by atoms with Gasteiger partial charge in [0.1, 0.15) is 0 Å². The summed E-state index contributed by atoms with van der Waals surface area (Å²) >= 11 is 7.54. The van der Waals surface area contributed by atoms with Gasteiger partial charge in [0, 0.05) is 12.4 Å². The first-order valence-corrected chi connectivity index (χ1v) is 3.58. The largest absolute Gasteiger partial charge is 0.258 e. The standard InChI is InChI=1S/C5H2BrN3S/c6-4-1-7-5(8-2-4)9-3-10/h1-2H. The van der Waals surface area contributed by atoms with Crippen molar-refractivity contribution in [3.63, 3.8) is 0 Å². The lowest BCUT2D eigenvalue weighted by atomic mass is 10.7. The van der Waals surface area contributed by atoms with E-state index in [0.29, 0.717) is 5.95 Å². The summed E-state index contributed by atoms with van der Waals surface area (Å²) in [6.45, 7) is 0. The maximum Gasteiger partial charge on any atom is 0.258 e. The highest BCUT2D eigenvalue weighted by Crippen LogP contribution is 2.07. The molecule has 0 fully saturated rings. The van der Waals surface area contributed by atoms with Gasteiger partial charge in [-0.15, -0.1) is 0 Å². The van der Waals surface area contributed by atoms with Crippen LogP contribution in [-0.4, -0.2) is 15.1 Å². The van der Waals surface area contributed by atoms with E-state index in [1.54, 1.807) is 12.4 Å². The molecule has 0 saturated heterocycles. The van der Waals surface area contributed by atoms with Gasteiger partial charge in [0.05, 0.1) is 9.63 Å². The van der Waals surface area contributed by atoms with Crippen molar-refractivity contribution in [2.45, 2.75) is 0 Å². The van der Waals surface area contributed by atoms with Crippen LogP contribution in [0.2, 0.25) is 0 Å². The smallest absolute Gasteiger partial charge is 0.218 e. The molecule has 10 heavy (non-hydrogen) atoms. The molecule has 1 aromatic rings. The minimum Gasteiger partial charge on any atom is -0.218 e. The summed E-state index contributed by atoms with van der Waals surface area (Å²) in [5, 5.41) is 2.17. The van der Waals surface area contributed by atoms with E-state index in [9.17, 15) is 0 Å². The topological polar surface area (TPSA) is 38.1 Å². The van der Waals surface area contributed by atoms with Crippen LogP contribution >= 0.6 is 28.1 Å². The molecule has 0 aliphatic heterocycles. The third-order valence-corrected chi connectivity index (χ3v) is 1.25. The third-order valence-electron chi connectivity index (χ3n) is 0.752. The number of nitrogens with zero attached hydrogens (tertiary/aromatic N) is 3. The van der Waals surface area contributed by atoms with Gasteiger partial charge in [-0.05, 0) is 28.1 Å². The molecule has 50 valence electrons. The van der Waals surface area contributed by atoms with Crippen LogP contribution in [0.25, 0.3) is 0 Å². The van der Waals surface area contributed by atoms with Crippen LogP contribution in [0.15, 0.2) is 21.9 Å². The fraction of sp³-hybridized carbons (Fsp3) is 0. The fourth-order valence-electron chi connectivity index (χ4n) is 0.404. The maximum atomic E-state index is 4.36. The van der Waals surface area contributed by atoms with Crippen LogP contribution in [0.5, 0.6) is 0 Å². The van der Waals surface area contributed by atoms with E-state index in [2.05, 4.69) is 48.3 Å². The summed E-state index contributed by atoms with van der Waals surface area (Å²) in [5.41, 5.74) is 0. The summed E-state index contributed by atoms with van der Waals surface area (Å²) in [6.07, 6.45) is 3.19. The zero-order chi connectivity index (χ0) is 7.40. The Morgan fingerprint density at radius 2 is 2.10 bits per heavy atom. The average Bonchev–Trinajstić information content (AvgIpc) is 1.95. The van der Waals surface area contributed by atoms with Crippen LogP contribution in [0.1, 0.15) is 0 Å². The van der Waals surface area contributed by atoms with Crippen molar-refractivity contribution >= 4 is 39.3 Å². The SMILES string of the molecule is S=C=Nc1ncc(Br)cn1. The van der Waals surface area contributed by atoms with Crippen LogP contribution in [-0.2, 0) is 0 Å². The molecule has 1 rings (SSSR count). The molecular weight excluding hydrogens is 214 g/mol. The summed E-state index contributed by atoms with van der Waals surface area (Å²) in [5.74, 6) is 0.332. The van der Waals surface area contributed by atoms with Crippen molar-refractivity contribution in [3.8, 4) is 0 Å². The predicted octanol–water partition coefficient (Wildman–Crippen LogP) is 1.97. The van der Waals surface area contributed by atoms with Crippen LogP contribution < -0.4 is 0 Å². The van der Waals surface area contributed by atoms with Gasteiger partial charge in [-0.1, -0.05) is 0 Å². The Morgan fingerprint density at radius 1 is 1.50 bits per heavy atom. The third kappa shape index (κ3) is 1.95. The Kier molecular flexibility index (Phi) is 2.62. The van der Waals surface area contributed by atoms with Crippen molar-refractivity contribution in [3.05, 3.63) is 16.9 Å². The second-order valence-electron chi connectivity index (χ2n) is 1.40. The molecule has 1 heterocycles. The number of rotatable bonds is 1. The van der Waals surface area contributed by atoms with E-state index >= 15 is 0 Å². The van der Waals surface area contributed by atoms with Crippen molar-refractivity contribution in [1.29, 1.82) is 0 Å². The lowest BCUT2D eigenvalue weighted by molar-refractivity contribution is 1.13. The normalized spacial score (nSPS) is 8.50. The highest BCUT2D eigenvalue weighted by molar-refractivity contribution is 9.10. The number of thiocarbonyl (C=S) groups is 1. The highest BCUT2D eigenvalue weighted by atomic mass is 79.9. The summed E-state index contributed by atoms with van der Waals surface area (Å²) in [4.78, 5) is 11.2. The molecule has 0 amide bonds. The van der Waals surface area contributed by atoms with E-state index in [4.69, 9.17) is 0 Å². The number of hydrogen-bond acceptors (Lipinski definition) is 4. The minimum absolute atomic E-state index is 0.332. The lowest BCUT2D eigenvalue weighted by Gasteiger charge is -1.87. The Hall–Kier alpha value is -0.640. The van der Waals surface area contributed by atoms with E-state index in [1.807, 2.05) is 0 Å². The predicted molar refractivity (Wildman–Crippen MR) is 44.4 cm³/mol. The van der Waals surface area contributed by atoms with Crippen LogP contribution in [0.4, 0.5) is 5.95 Å². The van der Waals surface area contributed by atoms with Gasteiger partial charge >= 0.3 is 0 Å². The Labute approximate surface area is 71.4 Å². The summed E-state index contributed by atoms with van der Waals surface area (Å²) in [6, 6.07) is 0. The molecule has 0 bridgehead atoms. The summed E-state index contributed by atoms with van der Waals surface area (Å²) in [7, 11) is 0. The number of halogens is 1. The van der Waals surface area contributed by atoms with E-state index in [1.165, 1.54) is 0 Å². The molecule has 0 aromatic carbocycles. The fourth-order valence-corrected chi connectivity index (χ4v) is 0.690. The van der Waals surface area contributed by atoms with Gasteiger partial charge in [-0.3, -0.25) is 0 Å². The van der Waals surface area contributed by atoms with Crippen LogP contribution in [0.3, 0.4) is 0 Å². The molecule has 1 aromatic heterocycles. The Bertz CT molecular complexity index is 265. The average molecular weight is 216 g/mol. The molecule has 0 N–H and O–H groups in total. The number of hydrogen-bond donors (Lipinski definition) is 0. The molecule has 0 spiro atoms. The maximum absolute atomic E-state index is 4.36. The van der Waals surface area contributed by atoms with Gasteiger partial charge < -0.3 is 0 Å². The molecule has 0 saturated carbocycles. The van der Waals surface area contributed by atoms with E-state index in [0.717, 1.165) is 4.47 Å². The van der Waals surface area contributed by atoms with Crippen molar-refractivity contribution in [2.24, 2.45) is 4.99 Å². The number of aromatic nitrogens is 2. The molecule has 0 aliphatic rings. The monoisotopic (exact) mass is 215 g/mol. The van der Waals surface area contributed by atoms with Crippen LogP contribution in [0, 0.1) is 0 Å². The molecule has 0 atom stereocenters. The van der Waals surface area contributed by atoms with Crippen molar-refractivity contribution in [2.75, 3.05) is 0 Å². The summed E-state index contributed by atoms with van der Waals surface area (Å²) < 4.78 is 0.816. The van der Waals surface area contributed by atoms with Gasteiger partial charge in [-0.2, -0.15) is 4.99 Å². The zero-order valence-electron chi connectivity index (χ0n) is 4.78. The first kappa shape index (κ1) is 7.47. The van der Waals surface area contributed by atoms with Gasteiger partial charge in [-0.25, -0.2) is 9.97 Å². The number of isothiocyanates is 1. The highest BCUT2D eigenvalue weighted by Gasteiger charge is 1.89. The zero-order valence-corrected chi connectivity index (χ0v) is 7.19. The first-order valence-electron chi connectivity index (χ1n) is 2.38. The second kappa shape index (κ2) is 3.51. The molecule has 5 heteroatoms. The van der Waals surface area contributed by atoms with Crippen molar-refractivity contribution in [1.82, 2.24) is 9.97 Å². The molecule has 0 aliphatic carbocycles. The molecule has 3 nitrogen and oxygen atoms in total. The second-order valence-corrected chi connectivity index (χ2v) is 2.50. The number of aliphatic imine (C=N–C) groups is 1. The molecule has 0 radical (unpaired) electrons. The Morgan fingerprint density at radius 3 is 2.60 bits per heavy atom. The van der Waals surface area contributed by atoms with Gasteiger partial charge in [0.25, 0.3) is 5.95 Å². The minimum atomic E-state index is 0.332. The molecular formula is C5H2BrN3S.